The summed E-state index contributed by atoms with van der Waals surface area (Å²) < 4.78 is 13.0. The van der Waals surface area contributed by atoms with Crippen molar-refractivity contribution in [3.05, 3.63) is 294 Å². The molecule has 2 heterocycles. The molecule has 12 aromatic rings. The van der Waals surface area contributed by atoms with E-state index in [9.17, 15) is 0 Å². The summed E-state index contributed by atoms with van der Waals surface area (Å²) in [5, 5.41) is 4.47. The minimum Gasteiger partial charge on any atom is -0.455 e. The van der Waals surface area contributed by atoms with Crippen molar-refractivity contribution in [2.45, 2.75) is 12.3 Å². The Balaban J connectivity index is 1.00. The molecule has 0 aliphatic heterocycles. The van der Waals surface area contributed by atoms with Gasteiger partial charge in [-0.1, -0.05) is 212 Å². The largest absolute Gasteiger partial charge is 0.455 e. The second-order valence-corrected chi connectivity index (χ2v) is 18.3. The van der Waals surface area contributed by atoms with E-state index in [1.54, 1.807) is 0 Å². The van der Waals surface area contributed by atoms with Crippen LogP contribution in [0.4, 0.5) is 17.1 Å². The second-order valence-electron chi connectivity index (χ2n) is 18.3. The van der Waals surface area contributed by atoms with Gasteiger partial charge in [0, 0.05) is 49.7 Å². The summed E-state index contributed by atoms with van der Waals surface area (Å²) in [5.74, 6) is 0. The highest BCUT2D eigenvalue weighted by atomic mass is 16.3. The third kappa shape index (κ3) is 6.96. The Hall–Kier alpha value is -9.18. The lowest BCUT2D eigenvalue weighted by Gasteiger charge is -2.39. The standard InChI is InChI=1S/C68H47NO2/c1-2-3-5-19-48-44-49-20-8-12-32-62(49)68(50-21-6-4-7-22-50,63-33-13-9-25-55(48)63)51-23-16-24-54(45-51)69(52-40-36-46(37-41-52)56-28-17-30-60-58-26-10-14-34-64(58)70-66(56)60)53-42-38-47(39-43-53)57-29-18-31-61-59-27-11-15-35-65(59)71-67(57)61/h2-45H,1H3/b3-2-,19-5-. The average Bonchev–Trinajstić information content (AvgIpc) is 3.98. The number of anilines is 3. The number of allylic oxidation sites excluding steroid dienone is 5. The molecule has 0 bridgehead atoms. The number of hydrogen-bond donors (Lipinski definition) is 0. The molecule has 0 fully saturated rings. The molecule has 0 amide bonds. The summed E-state index contributed by atoms with van der Waals surface area (Å²) in [6.07, 6.45) is 10.9. The number of benzene rings is 10. The first kappa shape index (κ1) is 42.0. The quantitative estimate of drug-likeness (QED) is 0.135. The van der Waals surface area contributed by atoms with Gasteiger partial charge in [0.25, 0.3) is 0 Å². The molecular formula is C68H47NO2. The number of nitrogens with zero attached hydrogens (tertiary/aromatic N) is 1. The molecule has 0 saturated carbocycles. The maximum absolute atomic E-state index is 6.52. The van der Waals surface area contributed by atoms with Crippen molar-refractivity contribution in [1.82, 2.24) is 0 Å². The molecule has 0 radical (unpaired) electrons. The van der Waals surface area contributed by atoms with E-state index in [0.29, 0.717) is 0 Å². The van der Waals surface area contributed by atoms with Gasteiger partial charge < -0.3 is 13.7 Å². The van der Waals surface area contributed by atoms with Crippen LogP contribution in [0.2, 0.25) is 0 Å². The lowest BCUT2D eigenvalue weighted by Crippen LogP contribution is -2.32. The SMILES string of the molecule is C/C=C\C=C/C1=Cc2ccccc2C(c2ccccc2)(c2cccc(N(c3ccc(-c4cccc5c4oc4ccccc45)cc3)c3ccc(-c4cccc5c4oc4ccccc45)cc3)c2)c2ccccc21. The lowest BCUT2D eigenvalue weighted by molar-refractivity contribution is 0.669. The lowest BCUT2D eigenvalue weighted by atomic mass is 9.63. The van der Waals surface area contributed by atoms with Crippen LogP contribution in [0.15, 0.2) is 270 Å². The Kier molecular flexibility index (Phi) is 10.3. The zero-order chi connectivity index (χ0) is 47.3. The Morgan fingerprint density at radius 3 is 1.54 bits per heavy atom. The molecule has 13 rings (SSSR count). The molecule has 1 unspecified atom stereocenters. The van der Waals surface area contributed by atoms with Crippen molar-refractivity contribution >= 4 is 72.6 Å². The molecule has 2 aromatic heterocycles. The summed E-state index contributed by atoms with van der Waals surface area (Å²) in [5.41, 5.74) is 18.6. The van der Waals surface area contributed by atoms with Crippen molar-refractivity contribution in [2.75, 3.05) is 4.90 Å². The predicted molar refractivity (Wildman–Crippen MR) is 297 cm³/mol. The van der Waals surface area contributed by atoms with Crippen molar-refractivity contribution in [3.63, 3.8) is 0 Å². The van der Waals surface area contributed by atoms with Gasteiger partial charge in [0.2, 0.25) is 0 Å². The van der Waals surface area contributed by atoms with Gasteiger partial charge in [0.05, 0.1) is 5.41 Å². The number of furan rings is 2. The van der Waals surface area contributed by atoms with Gasteiger partial charge in [-0.3, -0.25) is 0 Å². The van der Waals surface area contributed by atoms with E-state index in [2.05, 4.69) is 255 Å². The van der Waals surface area contributed by atoms with Crippen LogP contribution in [0.5, 0.6) is 0 Å². The molecule has 71 heavy (non-hydrogen) atoms. The van der Waals surface area contributed by atoms with Crippen molar-refractivity contribution in [3.8, 4) is 22.3 Å². The molecule has 0 N–H and O–H groups in total. The highest BCUT2D eigenvalue weighted by Crippen LogP contribution is 2.52. The van der Waals surface area contributed by atoms with E-state index in [1.165, 1.54) is 39.0 Å². The van der Waals surface area contributed by atoms with Crippen LogP contribution < -0.4 is 4.90 Å². The number of fused-ring (bicyclic) bond motifs is 8. The number of rotatable bonds is 9. The van der Waals surface area contributed by atoms with Gasteiger partial charge in [0.1, 0.15) is 22.3 Å². The van der Waals surface area contributed by atoms with E-state index in [4.69, 9.17) is 8.83 Å². The molecule has 336 valence electrons. The maximum Gasteiger partial charge on any atom is 0.143 e. The molecule has 0 saturated heterocycles. The Bertz CT molecular complexity index is 3900. The van der Waals surface area contributed by atoms with Crippen molar-refractivity contribution in [1.29, 1.82) is 0 Å². The molecule has 1 aliphatic carbocycles. The average molecular weight is 910 g/mol. The van der Waals surface area contributed by atoms with E-state index in [-0.39, 0.29) is 0 Å². The third-order valence-corrected chi connectivity index (χ3v) is 14.3. The van der Waals surface area contributed by atoms with E-state index >= 15 is 0 Å². The smallest absolute Gasteiger partial charge is 0.143 e. The van der Waals surface area contributed by atoms with Crippen molar-refractivity contribution in [2.24, 2.45) is 0 Å². The van der Waals surface area contributed by atoms with Crippen LogP contribution >= 0.6 is 0 Å². The van der Waals surface area contributed by atoms with Crippen LogP contribution in [0.1, 0.15) is 40.3 Å². The van der Waals surface area contributed by atoms with E-state index in [1.807, 2.05) is 24.3 Å². The highest BCUT2D eigenvalue weighted by molar-refractivity contribution is 6.10. The second kappa shape index (κ2) is 17.4. The molecule has 3 heteroatoms. The third-order valence-electron chi connectivity index (χ3n) is 14.3. The zero-order valence-electron chi connectivity index (χ0n) is 39.2. The summed E-state index contributed by atoms with van der Waals surface area (Å²) >= 11 is 0. The number of para-hydroxylation sites is 4. The molecule has 3 nitrogen and oxygen atoms in total. The first-order chi connectivity index (χ1) is 35.2. The Labute approximate surface area is 413 Å². The predicted octanol–water partition coefficient (Wildman–Crippen LogP) is 18.7. The fraction of sp³-hybridized carbons (Fsp3) is 0.0294. The highest BCUT2D eigenvalue weighted by Gasteiger charge is 2.43. The van der Waals surface area contributed by atoms with Gasteiger partial charge >= 0.3 is 0 Å². The molecule has 1 atom stereocenters. The van der Waals surface area contributed by atoms with Crippen LogP contribution in [-0.2, 0) is 5.41 Å². The fourth-order valence-corrected chi connectivity index (χ4v) is 11.2. The van der Waals surface area contributed by atoms with Crippen LogP contribution in [0.3, 0.4) is 0 Å². The minimum absolute atomic E-state index is 0.687. The Morgan fingerprint density at radius 2 is 0.901 bits per heavy atom. The maximum atomic E-state index is 6.52. The summed E-state index contributed by atoms with van der Waals surface area (Å²) in [7, 11) is 0. The van der Waals surface area contributed by atoms with Gasteiger partial charge in [-0.05, 0) is 112 Å². The summed E-state index contributed by atoms with van der Waals surface area (Å²) in [6.45, 7) is 2.06. The van der Waals surface area contributed by atoms with Gasteiger partial charge in [-0.2, -0.15) is 0 Å². The summed E-state index contributed by atoms with van der Waals surface area (Å²) in [6, 6.07) is 85.4. The first-order valence-corrected chi connectivity index (χ1v) is 24.4. The zero-order valence-corrected chi connectivity index (χ0v) is 39.2. The molecular weight excluding hydrogens is 863 g/mol. The summed E-state index contributed by atoms with van der Waals surface area (Å²) in [4.78, 5) is 2.39. The van der Waals surface area contributed by atoms with E-state index < -0.39 is 5.41 Å². The monoisotopic (exact) mass is 909 g/mol. The van der Waals surface area contributed by atoms with Gasteiger partial charge in [-0.25, -0.2) is 0 Å². The normalized spacial score (nSPS) is 14.6. The number of hydrogen-bond acceptors (Lipinski definition) is 3. The fourth-order valence-electron chi connectivity index (χ4n) is 11.2. The minimum atomic E-state index is -0.687. The van der Waals surface area contributed by atoms with Crippen LogP contribution in [0.25, 0.3) is 77.8 Å². The van der Waals surface area contributed by atoms with Crippen molar-refractivity contribution < 1.29 is 8.83 Å². The van der Waals surface area contributed by atoms with Crippen LogP contribution in [0, 0.1) is 0 Å². The van der Waals surface area contributed by atoms with Gasteiger partial charge in [0.15, 0.2) is 0 Å². The molecule has 10 aromatic carbocycles. The molecule has 0 spiro atoms. The molecule has 1 aliphatic rings. The van der Waals surface area contributed by atoms with Crippen LogP contribution in [-0.4, -0.2) is 0 Å². The Morgan fingerprint density at radius 1 is 0.394 bits per heavy atom. The van der Waals surface area contributed by atoms with Gasteiger partial charge in [-0.15, -0.1) is 0 Å². The topological polar surface area (TPSA) is 29.5 Å². The first-order valence-electron chi connectivity index (χ1n) is 24.4. The van der Waals surface area contributed by atoms with E-state index in [0.717, 1.165) is 83.2 Å².